The molecule has 1 unspecified atom stereocenters. The van der Waals surface area contributed by atoms with Crippen LogP contribution in [0.4, 0.5) is 0 Å². The maximum Gasteiger partial charge on any atom is 0.0469 e. The summed E-state index contributed by atoms with van der Waals surface area (Å²) >= 11 is 0. The summed E-state index contributed by atoms with van der Waals surface area (Å²) in [5, 5.41) is 6.42. The fourth-order valence-corrected chi connectivity index (χ4v) is 3.32. The quantitative estimate of drug-likeness (QED) is 0.908. The zero-order valence-electron chi connectivity index (χ0n) is 12.1. The van der Waals surface area contributed by atoms with Crippen LogP contribution in [-0.2, 0) is 4.74 Å². The second-order valence-electron chi connectivity index (χ2n) is 5.55. The van der Waals surface area contributed by atoms with Gasteiger partial charge in [-0.15, -0.1) is 0 Å². The van der Waals surface area contributed by atoms with Gasteiger partial charge in [-0.05, 0) is 41.6 Å². The highest BCUT2D eigenvalue weighted by Crippen LogP contribution is 2.33. The lowest BCUT2D eigenvalue weighted by atomic mass is 9.85. The SMILES string of the molecule is CCNC(c1cccc2ccccc12)C1CCOCC1. The second-order valence-corrected chi connectivity index (χ2v) is 5.55. The first-order valence-corrected chi connectivity index (χ1v) is 7.69. The topological polar surface area (TPSA) is 21.3 Å². The number of nitrogens with one attached hydrogen (secondary N) is 1. The van der Waals surface area contributed by atoms with E-state index in [1.807, 2.05) is 0 Å². The van der Waals surface area contributed by atoms with E-state index in [9.17, 15) is 0 Å². The standard InChI is InChI=1S/C18H23NO/c1-2-19-18(15-10-12-20-13-11-15)17-9-5-7-14-6-3-4-8-16(14)17/h3-9,15,18-19H,2,10-13H2,1H3. The van der Waals surface area contributed by atoms with Gasteiger partial charge in [-0.1, -0.05) is 49.4 Å². The number of rotatable bonds is 4. The minimum Gasteiger partial charge on any atom is -0.381 e. The van der Waals surface area contributed by atoms with Crippen molar-refractivity contribution in [2.75, 3.05) is 19.8 Å². The van der Waals surface area contributed by atoms with Crippen LogP contribution in [-0.4, -0.2) is 19.8 Å². The molecule has 0 spiro atoms. The molecule has 1 atom stereocenters. The lowest BCUT2D eigenvalue weighted by Gasteiger charge is -2.32. The van der Waals surface area contributed by atoms with E-state index in [1.165, 1.54) is 16.3 Å². The van der Waals surface area contributed by atoms with Crippen LogP contribution in [0.1, 0.15) is 31.4 Å². The maximum atomic E-state index is 5.52. The lowest BCUT2D eigenvalue weighted by molar-refractivity contribution is 0.0540. The zero-order valence-corrected chi connectivity index (χ0v) is 12.1. The summed E-state index contributed by atoms with van der Waals surface area (Å²) in [7, 11) is 0. The zero-order chi connectivity index (χ0) is 13.8. The first-order valence-electron chi connectivity index (χ1n) is 7.69. The van der Waals surface area contributed by atoms with Gasteiger partial charge < -0.3 is 10.1 Å². The lowest BCUT2D eigenvalue weighted by Crippen LogP contribution is -2.32. The van der Waals surface area contributed by atoms with Crippen molar-refractivity contribution >= 4 is 10.8 Å². The highest BCUT2D eigenvalue weighted by atomic mass is 16.5. The first-order chi connectivity index (χ1) is 9.90. The summed E-state index contributed by atoms with van der Waals surface area (Å²) in [4.78, 5) is 0. The molecule has 2 heteroatoms. The third-order valence-corrected chi connectivity index (χ3v) is 4.32. The predicted molar refractivity (Wildman–Crippen MR) is 83.9 cm³/mol. The van der Waals surface area contributed by atoms with Crippen LogP contribution in [0.3, 0.4) is 0 Å². The average Bonchev–Trinajstić information content (AvgIpc) is 2.53. The molecule has 1 aliphatic heterocycles. The van der Waals surface area contributed by atoms with Gasteiger partial charge in [-0.3, -0.25) is 0 Å². The van der Waals surface area contributed by atoms with Crippen molar-refractivity contribution < 1.29 is 4.74 Å². The third kappa shape index (κ3) is 2.72. The van der Waals surface area contributed by atoms with Gasteiger partial charge in [-0.2, -0.15) is 0 Å². The summed E-state index contributed by atoms with van der Waals surface area (Å²) in [5.74, 6) is 0.675. The van der Waals surface area contributed by atoms with Gasteiger partial charge in [0.2, 0.25) is 0 Å². The van der Waals surface area contributed by atoms with Crippen LogP contribution in [0.2, 0.25) is 0 Å². The van der Waals surface area contributed by atoms with E-state index in [1.54, 1.807) is 0 Å². The molecule has 1 N–H and O–H groups in total. The Labute approximate surface area is 121 Å². The van der Waals surface area contributed by atoms with Crippen molar-refractivity contribution in [3.05, 3.63) is 48.0 Å². The van der Waals surface area contributed by atoms with Gasteiger partial charge in [0.1, 0.15) is 0 Å². The van der Waals surface area contributed by atoms with Crippen molar-refractivity contribution in [1.29, 1.82) is 0 Å². The summed E-state index contributed by atoms with van der Waals surface area (Å²) in [6.45, 7) is 5.00. The van der Waals surface area contributed by atoms with Crippen molar-refractivity contribution in [1.82, 2.24) is 5.32 Å². The van der Waals surface area contributed by atoms with Gasteiger partial charge in [0.15, 0.2) is 0 Å². The van der Waals surface area contributed by atoms with E-state index in [2.05, 4.69) is 54.7 Å². The molecule has 20 heavy (non-hydrogen) atoms. The van der Waals surface area contributed by atoms with Gasteiger partial charge >= 0.3 is 0 Å². The van der Waals surface area contributed by atoms with Crippen LogP contribution < -0.4 is 5.32 Å². The Kier molecular flexibility index (Phi) is 4.34. The molecule has 0 aromatic heterocycles. The van der Waals surface area contributed by atoms with E-state index in [-0.39, 0.29) is 0 Å². The van der Waals surface area contributed by atoms with Crippen LogP contribution >= 0.6 is 0 Å². The molecule has 0 amide bonds. The van der Waals surface area contributed by atoms with E-state index < -0.39 is 0 Å². The normalized spacial score (nSPS) is 18.2. The number of ether oxygens (including phenoxy) is 1. The fraction of sp³-hybridized carbons (Fsp3) is 0.444. The number of hydrogen-bond donors (Lipinski definition) is 1. The van der Waals surface area contributed by atoms with E-state index in [0.29, 0.717) is 12.0 Å². The Bertz CT molecular complexity index is 555. The second kappa shape index (κ2) is 6.38. The molecule has 0 aliphatic carbocycles. The Balaban J connectivity index is 2.00. The molecule has 1 aliphatic rings. The smallest absolute Gasteiger partial charge is 0.0469 e. The van der Waals surface area contributed by atoms with Gasteiger partial charge in [0, 0.05) is 19.3 Å². The summed E-state index contributed by atoms with van der Waals surface area (Å²) in [6, 6.07) is 15.8. The minimum atomic E-state index is 0.440. The molecule has 1 fully saturated rings. The Morgan fingerprint density at radius 3 is 2.65 bits per heavy atom. The van der Waals surface area contributed by atoms with Crippen molar-refractivity contribution in [2.24, 2.45) is 5.92 Å². The van der Waals surface area contributed by atoms with Crippen molar-refractivity contribution in [3.63, 3.8) is 0 Å². The molecular weight excluding hydrogens is 246 g/mol. The third-order valence-electron chi connectivity index (χ3n) is 4.32. The van der Waals surface area contributed by atoms with E-state index in [0.717, 1.165) is 32.6 Å². The highest BCUT2D eigenvalue weighted by molar-refractivity contribution is 5.86. The summed E-state index contributed by atoms with van der Waals surface area (Å²) in [6.07, 6.45) is 2.31. The molecule has 2 aromatic carbocycles. The minimum absolute atomic E-state index is 0.440. The number of hydrogen-bond acceptors (Lipinski definition) is 2. The Morgan fingerprint density at radius 1 is 1.10 bits per heavy atom. The fourth-order valence-electron chi connectivity index (χ4n) is 3.32. The molecule has 0 radical (unpaired) electrons. The molecular formula is C18H23NO. The monoisotopic (exact) mass is 269 g/mol. The largest absolute Gasteiger partial charge is 0.381 e. The molecule has 2 aromatic rings. The summed E-state index contributed by atoms with van der Waals surface area (Å²) in [5.41, 5.74) is 1.44. The first kappa shape index (κ1) is 13.6. The molecule has 1 heterocycles. The number of fused-ring (bicyclic) bond motifs is 1. The van der Waals surface area contributed by atoms with E-state index in [4.69, 9.17) is 4.74 Å². The average molecular weight is 269 g/mol. The maximum absolute atomic E-state index is 5.52. The van der Waals surface area contributed by atoms with Crippen LogP contribution in [0.5, 0.6) is 0 Å². The highest BCUT2D eigenvalue weighted by Gasteiger charge is 2.25. The summed E-state index contributed by atoms with van der Waals surface area (Å²) < 4.78 is 5.52. The van der Waals surface area contributed by atoms with Gasteiger partial charge in [0.25, 0.3) is 0 Å². The molecule has 3 rings (SSSR count). The van der Waals surface area contributed by atoms with Crippen LogP contribution in [0, 0.1) is 5.92 Å². The van der Waals surface area contributed by atoms with Crippen LogP contribution in [0.25, 0.3) is 10.8 Å². The van der Waals surface area contributed by atoms with Crippen molar-refractivity contribution in [3.8, 4) is 0 Å². The molecule has 0 saturated carbocycles. The molecule has 106 valence electrons. The predicted octanol–water partition coefficient (Wildman–Crippen LogP) is 3.92. The van der Waals surface area contributed by atoms with Gasteiger partial charge in [-0.25, -0.2) is 0 Å². The Morgan fingerprint density at radius 2 is 1.85 bits per heavy atom. The van der Waals surface area contributed by atoms with E-state index >= 15 is 0 Å². The molecule has 1 saturated heterocycles. The van der Waals surface area contributed by atoms with Crippen LogP contribution in [0.15, 0.2) is 42.5 Å². The Hall–Kier alpha value is -1.38. The number of benzene rings is 2. The molecule has 2 nitrogen and oxygen atoms in total. The van der Waals surface area contributed by atoms with Gasteiger partial charge in [0.05, 0.1) is 0 Å². The van der Waals surface area contributed by atoms with Crippen molar-refractivity contribution in [2.45, 2.75) is 25.8 Å². The molecule has 0 bridgehead atoms.